The molecule has 5 heterocycles. The number of aryl methyl sites for hydroxylation is 2. The summed E-state index contributed by atoms with van der Waals surface area (Å²) in [6.07, 6.45) is 5.25. The van der Waals surface area contributed by atoms with Crippen LogP contribution in [0.25, 0.3) is 10.2 Å². The van der Waals surface area contributed by atoms with Crippen LogP contribution in [0.4, 0.5) is 11.6 Å². The van der Waals surface area contributed by atoms with E-state index < -0.39 is 0 Å². The Hall–Kier alpha value is -2.74. The molecule has 31 heavy (non-hydrogen) atoms. The molecular weight excluding hydrogens is 408 g/mol. The van der Waals surface area contributed by atoms with E-state index >= 15 is 0 Å². The second kappa shape index (κ2) is 8.42. The van der Waals surface area contributed by atoms with Crippen molar-refractivity contribution in [1.82, 2.24) is 19.9 Å². The molecule has 2 aliphatic rings. The van der Waals surface area contributed by atoms with Gasteiger partial charge < -0.3 is 14.7 Å². The number of carbonyl (C=O) groups excluding carboxylic acids is 1. The minimum atomic E-state index is 0.156. The fourth-order valence-corrected chi connectivity index (χ4v) is 5.77. The van der Waals surface area contributed by atoms with Crippen LogP contribution in [0.15, 0.2) is 24.4 Å². The van der Waals surface area contributed by atoms with Gasteiger partial charge in [-0.15, -0.1) is 11.3 Å². The van der Waals surface area contributed by atoms with Crippen LogP contribution in [0.3, 0.4) is 0 Å². The maximum absolute atomic E-state index is 13.2. The van der Waals surface area contributed by atoms with Crippen LogP contribution in [0.1, 0.15) is 40.3 Å². The Kier molecular flexibility index (Phi) is 5.48. The molecule has 1 amide bonds. The molecule has 0 atom stereocenters. The molecule has 3 aromatic rings. The number of nitrogens with zero attached hydrogens (tertiary/aromatic N) is 6. The number of pyridine rings is 1. The Bertz CT molecular complexity index is 1080. The molecule has 0 bridgehead atoms. The molecule has 0 aliphatic carbocycles. The van der Waals surface area contributed by atoms with Crippen molar-refractivity contribution in [2.45, 2.75) is 33.1 Å². The third kappa shape index (κ3) is 3.84. The highest BCUT2D eigenvalue weighted by molar-refractivity contribution is 7.20. The predicted octanol–water partition coefficient (Wildman–Crippen LogP) is 3.66. The van der Waals surface area contributed by atoms with E-state index in [1.54, 1.807) is 0 Å². The van der Waals surface area contributed by atoms with E-state index in [1.165, 1.54) is 17.8 Å². The molecule has 5 rings (SSSR count). The van der Waals surface area contributed by atoms with E-state index in [4.69, 9.17) is 9.97 Å². The first kappa shape index (κ1) is 20.2. The monoisotopic (exact) mass is 436 g/mol. The van der Waals surface area contributed by atoms with Gasteiger partial charge in [-0.1, -0.05) is 6.07 Å². The SMILES string of the molecule is Cc1nc(N2CCN(c3ccccn3)CC2)c2c(C)c(C(=O)N3CCCCC3)sc2n1. The third-order valence-corrected chi connectivity index (χ3v) is 7.45. The van der Waals surface area contributed by atoms with Crippen LogP contribution in [0.2, 0.25) is 0 Å². The summed E-state index contributed by atoms with van der Waals surface area (Å²) < 4.78 is 0. The van der Waals surface area contributed by atoms with Gasteiger partial charge in [-0.25, -0.2) is 15.0 Å². The lowest BCUT2D eigenvalue weighted by Gasteiger charge is -2.36. The Morgan fingerprint density at radius 2 is 1.68 bits per heavy atom. The van der Waals surface area contributed by atoms with Gasteiger partial charge >= 0.3 is 0 Å². The number of carbonyl (C=O) groups is 1. The van der Waals surface area contributed by atoms with Gasteiger partial charge in [0.05, 0.1) is 10.3 Å². The number of hydrogen-bond donors (Lipinski definition) is 0. The average molecular weight is 437 g/mol. The van der Waals surface area contributed by atoms with Crippen LogP contribution in [-0.4, -0.2) is 65.0 Å². The number of piperidine rings is 1. The number of aromatic nitrogens is 3. The summed E-state index contributed by atoms with van der Waals surface area (Å²) >= 11 is 1.53. The van der Waals surface area contributed by atoms with E-state index in [0.29, 0.717) is 0 Å². The van der Waals surface area contributed by atoms with Crippen molar-refractivity contribution in [3.8, 4) is 0 Å². The molecule has 162 valence electrons. The van der Waals surface area contributed by atoms with Gasteiger partial charge in [0.15, 0.2) is 0 Å². The Morgan fingerprint density at radius 1 is 0.935 bits per heavy atom. The first-order valence-corrected chi connectivity index (χ1v) is 11.9. The number of piperazine rings is 1. The molecular formula is C23H28N6OS. The third-order valence-electron chi connectivity index (χ3n) is 6.27. The molecule has 0 saturated carbocycles. The van der Waals surface area contributed by atoms with Crippen molar-refractivity contribution in [2.24, 2.45) is 0 Å². The molecule has 3 aromatic heterocycles. The molecule has 7 nitrogen and oxygen atoms in total. The van der Waals surface area contributed by atoms with E-state index in [1.807, 2.05) is 30.2 Å². The number of amides is 1. The van der Waals surface area contributed by atoms with E-state index in [9.17, 15) is 4.79 Å². The number of hydrogen-bond acceptors (Lipinski definition) is 7. The van der Waals surface area contributed by atoms with E-state index in [2.05, 4.69) is 27.8 Å². The van der Waals surface area contributed by atoms with Crippen molar-refractivity contribution in [3.63, 3.8) is 0 Å². The normalized spacial score (nSPS) is 17.4. The van der Waals surface area contributed by atoms with Crippen LogP contribution in [-0.2, 0) is 0 Å². The van der Waals surface area contributed by atoms with Crippen molar-refractivity contribution in [1.29, 1.82) is 0 Å². The quantitative estimate of drug-likeness (QED) is 0.624. The molecule has 8 heteroatoms. The maximum Gasteiger partial charge on any atom is 0.264 e. The van der Waals surface area contributed by atoms with E-state index in [0.717, 1.165) is 90.2 Å². The molecule has 2 saturated heterocycles. The summed E-state index contributed by atoms with van der Waals surface area (Å²) in [7, 11) is 0. The van der Waals surface area contributed by atoms with E-state index in [-0.39, 0.29) is 5.91 Å². The van der Waals surface area contributed by atoms with Gasteiger partial charge in [0.2, 0.25) is 0 Å². The van der Waals surface area contributed by atoms with Gasteiger partial charge in [-0.05, 0) is 50.8 Å². The van der Waals surface area contributed by atoms with Crippen molar-refractivity contribution < 1.29 is 4.79 Å². The van der Waals surface area contributed by atoms with Crippen molar-refractivity contribution >= 4 is 39.1 Å². The highest BCUT2D eigenvalue weighted by Crippen LogP contribution is 2.37. The highest BCUT2D eigenvalue weighted by Gasteiger charge is 2.27. The summed E-state index contributed by atoms with van der Waals surface area (Å²) in [4.78, 5) is 35.6. The molecule has 2 aliphatic heterocycles. The maximum atomic E-state index is 13.2. The molecule has 0 radical (unpaired) electrons. The smallest absolute Gasteiger partial charge is 0.264 e. The number of anilines is 2. The summed E-state index contributed by atoms with van der Waals surface area (Å²) in [6, 6.07) is 6.04. The summed E-state index contributed by atoms with van der Waals surface area (Å²) in [5.41, 5.74) is 1.03. The molecule has 0 N–H and O–H groups in total. The van der Waals surface area contributed by atoms with Crippen LogP contribution in [0, 0.1) is 13.8 Å². The number of thiophene rings is 1. The second-order valence-corrected chi connectivity index (χ2v) is 9.34. The number of likely N-dealkylation sites (tertiary alicyclic amines) is 1. The molecule has 0 aromatic carbocycles. The molecule has 0 unspecified atom stereocenters. The van der Waals surface area contributed by atoms with Gasteiger partial charge in [0.1, 0.15) is 22.3 Å². The van der Waals surface area contributed by atoms with Crippen molar-refractivity contribution in [3.05, 3.63) is 40.7 Å². The Balaban J connectivity index is 1.44. The minimum absolute atomic E-state index is 0.156. The largest absolute Gasteiger partial charge is 0.353 e. The number of fused-ring (bicyclic) bond motifs is 1. The zero-order valence-corrected chi connectivity index (χ0v) is 19.0. The van der Waals surface area contributed by atoms with Crippen LogP contribution < -0.4 is 9.80 Å². The number of rotatable bonds is 3. The summed E-state index contributed by atoms with van der Waals surface area (Å²) in [6.45, 7) is 9.24. The first-order valence-electron chi connectivity index (χ1n) is 11.1. The Labute approximate surface area is 186 Å². The first-order chi connectivity index (χ1) is 15.1. The molecule has 0 spiro atoms. The van der Waals surface area contributed by atoms with Gasteiger partial charge in [0, 0.05) is 45.5 Å². The van der Waals surface area contributed by atoms with Gasteiger partial charge in [0.25, 0.3) is 5.91 Å². The minimum Gasteiger partial charge on any atom is -0.353 e. The fourth-order valence-electron chi connectivity index (χ4n) is 4.58. The fraction of sp³-hybridized carbons (Fsp3) is 0.478. The highest BCUT2D eigenvalue weighted by atomic mass is 32.1. The zero-order valence-electron chi connectivity index (χ0n) is 18.2. The second-order valence-electron chi connectivity index (χ2n) is 8.35. The summed E-state index contributed by atoms with van der Waals surface area (Å²) in [5.74, 6) is 2.90. The predicted molar refractivity (Wildman–Crippen MR) is 125 cm³/mol. The summed E-state index contributed by atoms with van der Waals surface area (Å²) in [5, 5.41) is 1.04. The lowest BCUT2D eigenvalue weighted by atomic mass is 10.1. The van der Waals surface area contributed by atoms with Crippen LogP contribution in [0.5, 0.6) is 0 Å². The molecule has 2 fully saturated rings. The van der Waals surface area contributed by atoms with Gasteiger partial charge in [-0.2, -0.15) is 0 Å². The lowest BCUT2D eigenvalue weighted by molar-refractivity contribution is 0.0728. The van der Waals surface area contributed by atoms with Crippen molar-refractivity contribution in [2.75, 3.05) is 49.1 Å². The zero-order chi connectivity index (χ0) is 21.4. The average Bonchev–Trinajstić information content (AvgIpc) is 3.15. The lowest BCUT2D eigenvalue weighted by Crippen LogP contribution is -2.47. The van der Waals surface area contributed by atoms with Crippen LogP contribution >= 0.6 is 11.3 Å². The van der Waals surface area contributed by atoms with Gasteiger partial charge in [-0.3, -0.25) is 4.79 Å². The Morgan fingerprint density at radius 3 is 2.39 bits per heavy atom. The standard InChI is InChI=1S/C23H28N6OS/c1-16-19-21(28-14-12-27(13-15-28)18-8-4-5-9-24-18)25-17(2)26-22(19)31-20(16)23(30)29-10-6-3-7-11-29/h4-5,8-9H,3,6-7,10-15H2,1-2H3. The topological polar surface area (TPSA) is 65.5 Å².